The molecular formula is C9H16N4O2S. The lowest BCUT2D eigenvalue weighted by molar-refractivity contribution is 0.540. The topological polar surface area (TPSA) is 76.0 Å². The number of hydrogen-bond acceptors (Lipinski definition) is 4. The minimum Gasteiger partial charge on any atom is -0.313 e. The van der Waals surface area contributed by atoms with E-state index in [0.717, 1.165) is 19.4 Å². The van der Waals surface area contributed by atoms with Crippen LogP contribution in [0, 0.1) is 0 Å². The third-order valence-corrected chi connectivity index (χ3v) is 4.23. The van der Waals surface area contributed by atoms with Crippen molar-refractivity contribution in [2.24, 2.45) is 7.05 Å². The number of rotatable bonds is 4. The van der Waals surface area contributed by atoms with E-state index in [9.17, 15) is 8.42 Å². The smallest absolute Gasteiger partial charge is 0.257 e. The van der Waals surface area contributed by atoms with Gasteiger partial charge in [0.25, 0.3) is 10.0 Å². The molecule has 1 aliphatic rings. The van der Waals surface area contributed by atoms with Crippen molar-refractivity contribution in [3.63, 3.8) is 0 Å². The largest absolute Gasteiger partial charge is 0.313 e. The Hall–Kier alpha value is -0.920. The highest BCUT2D eigenvalue weighted by molar-refractivity contribution is 7.89. The Morgan fingerprint density at radius 1 is 1.69 bits per heavy atom. The summed E-state index contributed by atoms with van der Waals surface area (Å²) in [4.78, 5) is 0. The number of sulfonamides is 1. The summed E-state index contributed by atoms with van der Waals surface area (Å²) in [5.41, 5.74) is 0. The van der Waals surface area contributed by atoms with Gasteiger partial charge in [-0.25, -0.2) is 13.1 Å². The van der Waals surface area contributed by atoms with Crippen LogP contribution >= 0.6 is 0 Å². The Bertz CT molecular complexity index is 448. The molecule has 0 saturated carbocycles. The maximum absolute atomic E-state index is 11.9. The molecule has 2 heterocycles. The van der Waals surface area contributed by atoms with Crippen molar-refractivity contribution < 1.29 is 8.42 Å². The van der Waals surface area contributed by atoms with Crippen LogP contribution in [0.1, 0.15) is 12.8 Å². The molecule has 1 fully saturated rings. The van der Waals surface area contributed by atoms with Crippen LogP contribution in [0.4, 0.5) is 0 Å². The molecule has 2 rings (SSSR count). The van der Waals surface area contributed by atoms with Gasteiger partial charge in [-0.1, -0.05) is 0 Å². The minimum absolute atomic E-state index is 0.200. The molecule has 0 bridgehead atoms. The third kappa shape index (κ3) is 2.42. The summed E-state index contributed by atoms with van der Waals surface area (Å²) in [5.74, 6) is 0. The van der Waals surface area contributed by atoms with E-state index in [1.807, 2.05) is 0 Å². The van der Waals surface area contributed by atoms with E-state index in [4.69, 9.17) is 0 Å². The van der Waals surface area contributed by atoms with E-state index in [-0.39, 0.29) is 11.1 Å². The summed E-state index contributed by atoms with van der Waals surface area (Å²) >= 11 is 0. The average molecular weight is 244 g/mol. The van der Waals surface area contributed by atoms with Crippen LogP contribution in [0.5, 0.6) is 0 Å². The van der Waals surface area contributed by atoms with Crippen LogP contribution in [0.2, 0.25) is 0 Å². The number of aryl methyl sites for hydroxylation is 1. The molecule has 0 amide bonds. The molecule has 1 saturated heterocycles. The van der Waals surface area contributed by atoms with Gasteiger partial charge >= 0.3 is 0 Å². The van der Waals surface area contributed by atoms with Gasteiger partial charge in [0, 0.05) is 19.6 Å². The Labute approximate surface area is 95.1 Å². The summed E-state index contributed by atoms with van der Waals surface area (Å²) in [6, 6.07) is 1.74. The predicted molar refractivity (Wildman–Crippen MR) is 59.4 cm³/mol. The molecule has 6 nitrogen and oxygen atoms in total. The molecule has 1 aliphatic heterocycles. The van der Waals surface area contributed by atoms with Crippen molar-refractivity contribution in [3.05, 3.63) is 12.3 Å². The number of nitrogens with one attached hydrogen (secondary N) is 2. The molecule has 0 aliphatic carbocycles. The second-order valence-corrected chi connectivity index (χ2v) is 5.65. The zero-order valence-corrected chi connectivity index (χ0v) is 10.00. The van der Waals surface area contributed by atoms with Gasteiger partial charge in [0.1, 0.15) is 0 Å². The van der Waals surface area contributed by atoms with E-state index in [2.05, 4.69) is 15.1 Å². The first kappa shape index (κ1) is 11.6. The van der Waals surface area contributed by atoms with Crippen molar-refractivity contribution in [2.45, 2.75) is 23.9 Å². The van der Waals surface area contributed by atoms with Gasteiger partial charge < -0.3 is 5.32 Å². The predicted octanol–water partition coefficient (Wildman–Crippen LogP) is -0.550. The highest BCUT2D eigenvalue weighted by Crippen LogP contribution is 2.08. The minimum atomic E-state index is -3.42. The lowest BCUT2D eigenvalue weighted by Gasteiger charge is -2.11. The number of nitrogens with zero attached hydrogens (tertiary/aromatic N) is 2. The molecule has 0 aromatic carbocycles. The Morgan fingerprint density at radius 2 is 2.50 bits per heavy atom. The molecule has 1 aromatic rings. The Kier molecular flexibility index (Phi) is 3.27. The van der Waals surface area contributed by atoms with Crippen LogP contribution in [-0.4, -0.2) is 37.3 Å². The van der Waals surface area contributed by atoms with Gasteiger partial charge in [0.2, 0.25) is 0 Å². The van der Waals surface area contributed by atoms with Crippen molar-refractivity contribution >= 4 is 10.0 Å². The lowest BCUT2D eigenvalue weighted by atomic mass is 10.2. The van der Waals surface area contributed by atoms with Gasteiger partial charge in [0.05, 0.1) is 6.20 Å². The van der Waals surface area contributed by atoms with Gasteiger partial charge in [-0.2, -0.15) is 5.10 Å². The molecule has 7 heteroatoms. The van der Waals surface area contributed by atoms with Crippen molar-refractivity contribution in [1.29, 1.82) is 0 Å². The summed E-state index contributed by atoms with van der Waals surface area (Å²) in [7, 11) is -1.81. The maximum Gasteiger partial charge on any atom is 0.257 e. The van der Waals surface area contributed by atoms with Crippen LogP contribution in [0.15, 0.2) is 17.3 Å². The monoisotopic (exact) mass is 244 g/mol. The van der Waals surface area contributed by atoms with Gasteiger partial charge in [0.15, 0.2) is 5.03 Å². The fourth-order valence-electron chi connectivity index (χ4n) is 1.84. The fourth-order valence-corrected chi connectivity index (χ4v) is 3.04. The first-order valence-electron chi connectivity index (χ1n) is 5.30. The van der Waals surface area contributed by atoms with Crippen LogP contribution in [0.25, 0.3) is 0 Å². The summed E-state index contributed by atoms with van der Waals surface area (Å²) < 4.78 is 27.7. The summed E-state index contributed by atoms with van der Waals surface area (Å²) in [5, 5.41) is 7.28. The highest BCUT2D eigenvalue weighted by atomic mass is 32.2. The standard InChI is InChI=1S/C9H16N4O2S/c1-13-9(4-6-11-13)16(14,15)12-7-8-3-2-5-10-8/h4,6,8,10,12H,2-3,5,7H2,1H3. The molecule has 90 valence electrons. The first-order valence-corrected chi connectivity index (χ1v) is 6.79. The Balaban J connectivity index is 2.00. The van der Waals surface area contributed by atoms with Gasteiger partial charge in [-0.3, -0.25) is 4.68 Å². The second kappa shape index (κ2) is 4.52. The quantitative estimate of drug-likeness (QED) is 0.745. The van der Waals surface area contributed by atoms with Crippen LogP contribution in [-0.2, 0) is 17.1 Å². The molecule has 2 N–H and O–H groups in total. The summed E-state index contributed by atoms with van der Waals surface area (Å²) in [6.07, 6.45) is 3.61. The van der Waals surface area contributed by atoms with E-state index < -0.39 is 10.0 Å². The Morgan fingerprint density at radius 3 is 3.06 bits per heavy atom. The molecule has 1 atom stereocenters. The molecule has 1 unspecified atom stereocenters. The fraction of sp³-hybridized carbons (Fsp3) is 0.667. The van der Waals surface area contributed by atoms with Gasteiger partial charge in [-0.15, -0.1) is 0 Å². The van der Waals surface area contributed by atoms with E-state index in [1.54, 1.807) is 7.05 Å². The van der Waals surface area contributed by atoms with E-state index in [1.165, 1.54) is 16.9 Å². The van der Waals surface area contributed by atoms with E-state index in [0.29, 0.717) is 6.54 Å². The lowest BCUT2D eigenvalue weighted by Crippen LogP contribution is -2.37. The number of aromatic nitrogens is 2. The SMILES string of the molecule is Cn1nccc1S(=O)(=O)NCC1CCCN1. The van der Waals surface area contributed by atoms with Crippen molar-refractivity contribution in [1.82, 2.24) is 19.8 Å². The van der Waals surface area contributed by atoms with Crippen molar-refractivity contribution in [3.8, 4) is 0 Å². The molecule has 0 radical (unpaired) electrons. The highest BCUT2D eigenvalue weighted by Gasteiger charge is 2.21. The zero-order valence-electron chi connectivity index (χ0n) is 9.18. The third-order valence-electron chi connectivity index (χ3n) is 2.73. The normalized spacial score (nSPS) is 21.4. The van der Waals surface area contributed by atoms with Crippen LogP contribution < -0.4 is 10.0 Å². The average Bonchev–Trinajstić information content (AvgIpc) is 2.85. The molecular weight excluding hydrogens is 228 g/mol. The van der Waals surface area contributed by atoms with Crippen molar-refractivity contribution in [2.75, 3.05) is 13.1 Å². The summed E-state index contributed by atoms with van der Waals surface area (Å²) in [6.45, 7) is 1.41. The zero-order chi connectivity index (χ0) is 11.6. The van der Waals surface area contributed by atoms with Gasteiger partial charge in [-0.05, 0) is 25.5 Å². The maximum atomic E-state index is 11.9. The molecule has 0 spiro atoms. The molecule has 16 heavy (non-hydrogen) atoms. The van der Waals surface area contributed by atoms with Crippen LogP contribution in [0.3, 0.4) is 0 Å². The first-order chi connectivity index (χ1) is 7.59. The van der Waals surface area contributed by atoms with E-state index >= 15 is 0 Å². The number of hydrogen-bond donors (Lipinski definition) is 2. The molecule has 1 aromatic heterocycles. The second-order valence-electron chi connectivity index (χ2n) is 3.94.